The maximum atomic E-state index is 8.51. The molecule has 0 amide bonds. The summed E-state index contributed by atoms with van der Waals surface area (Å²) in [7, 11) is 0. The van der Waals surface area contributed by atoms with E-state index in [1.165, 1.54) is 0 Å². The summed E-state index contributed by atoms with van der Waals surface area (Å²) in [5.41, 5.74) is 2.27. The van der Waals surface area contributed by atoms with Crippen LogP contribution in [0.15, 0.2) is 18.2 Å². The minimum atomic E-state index is 0.0589. The predicted molar refractivity (Wildman–Crippen MR) is 59.3 cm³/mol. The van der Waals surface area contributed by atoms with Gasteiger partial charge in [-0.05, 0) is 25.0 Å². The van der Waals surface area contributed by atoms with Crippen molar-refractivity contribution in [3.05, 3.63) is 29.3 Å². The van der Waals surface area contributed by atoms with Crippen molar-refractivity contribution >= 4 is 0 Å². The highest BCUT2D eigenvalue weighted by molar-refractivity contribution is 5.39. The van der Waals surface area contributed by atoms with Gasteiger partial charge in [0.2, 0.25) is 0 Å². The topological polar surface area (TPSA) is 38.7 Å². The minimum absolute atomic E-state index is 0.0589. The first kappa shape index (κ1) is 12.0. The third-order valence-electron chi connectivity index (χ3n) is 2.12. The molecule has 0 spiro atoms. The fourth-order valence-corrected chi connectivity index (χ4v) is 1.40. The van der Waals surface area contributed by atoms with Crippen molar-refractivity contribution in [3.63, 3.8) is 0 Å². The summed E-state index contributed by atoms with van der Waals surface area (Å²) in [5.74, 6) is 0.935. The van der Waals surface area contributed by atoms with E-state index in [1.807, 2.05) is 32.0 Å². The van der Waals surface area contributed by atoms with Gasteiger partial charge in [0.15, 0.2) is 0 Å². The molecule has 0 saturated heterocycles. The van der Waals surface area contributed by atoms with Crippen LogP contribution in [0.1, 0.15) is 11.1 Å². The molecule has 3 nitrogen and oxygen atoms in total. The summed E-state index contributed by atoms with van der Waals surface area (Å²) in [5, 5.41) is 8.51. The molecule has 0 aromatic heterocycles. The van der Waals surface area contributed by atoms with Crippen LogP contribution >= 0.6 is 0 Å². The molecule has 84 valence electrons. The molecule has 3 heteroatoms. The average Bonchev–Trinajstić information content (AvgIpc) is 2.21. The summed E-state index contributed by atoms with van der Waals surface area (Å²) < 4.78 is 10.7. The largest absolute Gasteiger partial charge is 0.491 e. The second kappa shape index (κ2) is 6.43. The Balaban J connectivity index is 2.37. The van der Waals surface area contributed by atoms with Gasteiger partial charge in [0.05, 0.1) is 19.8 Å². The normalized spacial score (nSPS) is 10.3. The lowest BCUT2D eigenvalue weighted by Gasteiger charge is -2.11. The van der Waals surface area contributed by atoms with E-state index in [9.17, 15) is 0 Å². The van der Waals surface area contributed by atoms with Gasteiger partial charge in [-0.15, -0.1) is 0 Å². The van der Waals surface area contributed by atoms with Crippen LogP contribution < -0.4 is 4.74 Å². The molecule has 0 bridgehead atoms. The summed E-state index contributed by atoms with van der Waals surface area (Å²) in [6.07, 6.45) is 0. The Bertz CT molecular complexity index is 277. The smallest absolute Gasteiger partial charge is 0.125 e. The first-order valence-corrected chi connectivity index (χ1v) is 5.13. The Hall–Kier alpha value is -1.06. The fraction of sp³-hybridized carbons (Fsp3) is 0.500. The molecule has 1 aromatic rings. The molecule has 0 aliphatic carbocycles. The van der Waals surface area contributed by atoms with Crippen LogP contribution in [-0.4, -0.2) is 31.5 Å². The van der Waals surface area contributed by atoms with Crippen molar-refractivity contribution in [1.29, 1.82) is 0 Å². The highest BCUT2D eigenvalue weighted by Crippen LogP contribution is 2.21. The zero-order chi connectivity index (χ0) is 11.1. The van der Waals surface area contributed by atoms with Gasteiger partial charge in [-0.1, -0.05) is 18.2 Å². The van der Waals surface area contributed by atoms with E-state index in [0.29, 0.717) is 19.8 Å². The van der Waals surface area contributed by atoms with Crippen LogP contribution in [-0.2, 0) is 4.74 Å². The van der Waals surface area contributed by atoms with E-state index in [0.717, 1.165) is 16.9 Å². The molecule has 1 rings (SSSR count). The molecule has 0 atom stereocenters. The number of aliphatic hydroxyl groups excluding tert-OH is 1. The molecule has 0 fully saturated rings. The van der Waals surface area contributed by atoms with Gasteiger partial charge in [-0.25, -0.2) is 0 Å². The monoisotopic (exact) mass is 210 g/mol. The molecule has 1 aromatic carbocycles. The molecular weight excluding hydrogens is 192 g/mol. The number of hydrogen-bond donors (Lipinski definition) is 1. The maximum Gasteiger partial charge on any atom is 0.125 e. The average molecular weight is 210 g/mol. The second-order valence-electron chi connectivity index (χ2n) is 3.41. The van der Waals surface area contributed by atoms with Crippen LogP contribution in [0.2, 0.25) is 0 Å². The summed E-state index contributed by atoms with van der Waals surface area (Å²) in [6.45, 7) is 5.51. The van der Waals surface area contributed by atoms with E-state index in [1.54, 1.807) is 0 Å². The van der Waals surface area contributed by atoms with Gasteiger partial charge in [-0.3, -0.25) is 0 Å². The van der Waals surface area contributed by atoms with Crippen molar-refractivity contribution in [2.45, 2.75) is 13.8 Å². The van der Waals surface area contributed by atoms with Crippen LogP contribution in [0.4, 0.5) is 0 Å². The van der Waals surface area contributed by atoms with Crippen molar-refractivity contribution in [2.75, 3.05) is 26.4 Å². The number of aliphatic hydroxyl groups is 1. The molecular formula is C12H18O3. The van der Waals surface area contributed by atoms with Gasteiger partial charge >= 0.3 is 0 Å². The van der Waals surface area contributed by atoms with Crippen molar-refractivity contribution in [2.24, 2.45) is 0 Å². The molecule has 1 N–H and O–H groups in total. The first-order chi connectivity index (χ1) is 7.25. The number of hydrogen-bond acceptors (Lipinski definition) is 3. The van der Waals surface area contributed by atoms with Gasteiger partial charge in [0.1, 0.15) is 12.4 Å². The molecule has 0 unspecified atom stereocenters. The summed E-state index contributed by atoms with van der Waals surface area (Å²) >= 11 is 0. The standard InChI is InChI=1S/C12H18O3/c1-10-4-3-5-11(2)12(10)15-9-8-14-7-6-13/h3-5,13H,6-9H2,1-2H3. The molecule has 0 saturated carbocycles. The third kappa shape index (κ3) is 3.90. The molecule has 0 aliphatic heterocycles. The second-order valence-corrected chi connectivity index (χ2v) is 3.41. The number of para-hydroxylation sites is 1. The van der Waals surface area contributed by atoms with E-state index >= 15 is 0 Å². The lowest BCUT2D eigenvalue weighted by Crippen LogP contribution is -2.10. The van der Waals surface area contributed by atoms with E-state index in [2.05, 4.69) is 0 Å². The molecule has 0 aliphatic rings. The van der Waals surface area contributed by atoms with E-state index in [4.69, 9.17) is 14.6 Å². The minimum Gasteiger partial charge on any atom is -0.491 e. The van der Waals surface area contributed by atoms with Crippen LogP contribution in [0.5, 0.6) is 5.75 Å². The molecule has 15 heavy (non-hydrogen) atoms. The van der Waals surface area contributed by atoms with Crippen LogP contribution in [0, 0.1) is 13.8 Å². The van der Waals surface area contributed by atoms with Gasteiger partial charge < -0.3 is 14.6 Å². The third-order valence-corrected chi connectivity index (χ3v) is 2.12. The fourth-order valence-electron chi connectivity index (χ4n) is 1.40. The van der Waals surface area contributed by atoms with Crippen molar-refractivity contribution < 1.29 is 14.6 Å². The Morgan fingerprint density at radius 1 is 1.07 bits per heavy atom. The molecule has 0 radical (unpaired) electrons. The zero-order valence-electron chi connectivity index (χ0n) is 9.32. The van der Waals surface area contributed by atoms with E-state index in [-0.39, 0.29) is 6.61 Å². The number of aryl methyl sites for hydroxylation is 2. The van der Waals surface area contributed by atoms with Gasteiger partial charge in [-0.2, -0.15) is 0 Å². The highest BCUT2D eigenvalue weighted by Gasteiger charge is 2.02. The predicted octanol–water partition coefficient (Wildman–Crippen LogP) is 1.69. The Morgan fingerprint density at radius 3 is 2.33 bits per heavy atom. The zero-order valence-corrected chi connectivity index (χ0v) is 9.32. The quantitative estimate of drug-likeness (QED) is 0.726. The number of ether oxygens (including phenoxy) is 2. The number of benzene rings is 1. The Morgan fingerprint density at radius 2 is 1.73 bits per heavy atom. The Labute approximate surface area is 90.6 Å². The van der Waals surface area contributed by atoms with Crippen molar-refractivity contribution in [1.82, 2.24) is 0 Å². The maximum absolute atomic E-state index is 8.51. The lowest BCUT2D eigenvalue weighted by molar-refractivity contribution is 0.0702. The van der Waals surface area contributed by atoms with Crippen molar-refractivity contribution in [3.8, 4) is 5.75 Å². The van der Waals surface area contributed by atoms with Gasteiger partial charge in [0.25, 0.3) is 0 Å². The molecule has 0 heterocycles. The van der Waals surface area contributed by atoms with Crippen LogP contribution in [0.3, 0.4) is 0 Å². The van der Waals surface area contributed by atoms with Crippen LogP contribution in [0.25, 0.3) is 0 Å². The van der Waals surface area contributed by atoms with E-state index < -0.39 is 0 Å². The van der Waals surface area contributed by atoms with Gasteiger partial charge in [0, 0.05) is 0 Å². The summed E-state index contributed by atoms with van der Waals surface area (Å²) in [6, 6.07) is 6.06. The highest BCUT2D eigenvalue weighted by atomic mass is 16.5. The number of rotatable bonds is 6. The first-order valence-electron chi connectivity index (χ1n) is 5.13. The summed E-state index contributed by atoms with van der Waals surface area (Å²) in [4.78, 5) is 0. The SMILES string of the molecule is Cc1cccc(C)c1OCCOCCO. The lowest BCUT2D eigenvalue weighted by atomic mass is 10.1. The Kier molecular flexibility index (Phi) is 5.15.